The Bertz CT molecular complexity index is 318. The van der Waals surface area contributed by atoms with Gasteiger partial charge in [0.2, 0.25) is 5.95 Å². The number of nitrogens with two attached hydrogens (primary N) is 1. The Hall–Kier alpha value is -1.04. The van der Waals surface area contributed by atoms with Crippen molar-refractivity contribution < 1.29 is 9.18 Å². The number of carbonyl (C=O) groups is 1. The van der Waals surface area contributed by atoms with Gasteiger partial charge >= 0.3 is 0 Å². The molecular weight excluding hydrogens is 229 g/mol. The number of alkyl halides is 1. The van der Waals surface area contributed by atoms with Gasteiger partial charge in [-0.3, -0.25) is 4.79 Å². The van der Waals surface area contributed by atoms with Crippen molar-refractivity contribution in [2.24, 2.45) is 0 Å². The minimum atomic E-state index is -0.756. The van der Waals surface area contributed by atoms with E-state index < -0.39 is 11.6 Å². The third-order valence-corrected chi connectivity index (χ3v) is 1.66. The molecule has 64 valence electrons. The number of hydrogen-bond donors (Lipinski definition) is 1. The van der Waals surface area contributed by atoms with Crippen molar-refractivity contribution in [2.45, 2.75) is 0 Å². The van der Waals surface area contributed by atoms with Gasteiger partial charge in [0.1, 0.15) is 5.69 Å². The van der Waals surface area contributed by atoms with Crippen molar-refractivity contribution in [3.8, 4) is 0 Å². The molecule has 1 rings (SSSR count). The quantitative estimate of drug-likeness (QED) is 0.606. The first-order valence-corrected chi connectivity index (χ1v) is 4.14. The van der Waals surface area contributed by atoms with Crippen LogP contribution in [0.25, 0.3) is 0 Å². The average molecular weight is 234 g/mol. The number of hydrogen-bond acceptors (Lipinski definition) is 4. The van der Waals surface area contributed by atoms with Crippen LogP contribution in [0.5, 0.6) is 0 Å². The van der Waals surface area contributed by atoms with Crippen LogP contribution in [0.3, 0.4) is 0 Å². The molecule has 1 heterocycles. The van der Waals surface area contributed by atoms with Gasteiger partial charge in [-0.25, -0.2) is 14.4 Å². The van der Waals surface area contributed by atoms with E-state index in [4.69, 9.17) is 5.73 Å². The lowest BCUT2D eigenvalue weighted by Crippen LogP contribution is -2.09. The van der Waals surface area contributed by atoms with Crippen molar-refractivity contribution in [1.82, 2.24) is 9.97 Å². The number of halogens is 2. The summed E-state index contributed by atoms with van der Waals surface area (Å²) in [5.74, 6) is -1.32. The summed E-state index contributed by atoms with van der Waals surface area (Å²) in [6.45, 7) is 0. The average Bonchev–Trinajstić information content (AvgIpc) is 2.08. The fourth-order valence-electron chi connectivity index (χ4n) is 0.640. The molecule has 6 heteroatoms. The van der Waals surface area contributed by atoms with Crippen LogP contribution in [-0.4, -0.2) is 21.1 Å². The van der Waals surface area contributed by atoms with E-state index in [9.17, 15) is 9.18 Å². The van der Waals surface area contributed by atoms with E-state index in [0.717, 1.165) is 6.20 Å². The lowest BCUT2D eigenvalue weighted by atomic mass is 10.3. The highest BCUT2D eigenvalue weighted by atomic mass is 79.9. The molecule has 4 nitrogen and oxygen atoms in total. The zero-order valence-corrected chi connectivity index (χ0v) is 7.51. The first-order valence-electron chi connectivity index (χ1n) is 3.02. The molecule has 0 saturated carbocycles. The normalized spacial score (nSPS) is 9.83. The number of nitrogen functional groups attached to an aromatic ring is 1. The molecular formula is C6H5BrFN3O. The summed E-state index contributed by atoms with van der Waals surface area (Å²) in [5, 5.41) is 0.0143. The van der Waals surface area contributed by atoms with Crippen molar-refractivity contribution in [3.05, 3.63) is 17.7 Å². The topological polar surface area (TPSA) is 68.9 Å². The summed E-state index contributed by atoms with van der Waals surface area (Å²) in [7, 11) is 0. The number of aromatic nitrogens is 2. The second-order valence-corrected chi connectivity index (χ2v) is 2.54. The number of Topliss-reactive ketones (excluding diaryl/α,β-unsaturated/α-hetero) is 1. The highest BCUT2D eigenvalue weighted by molar-refractivity contribution is 9.09. The van der Waals surface area contributed by atoms with Crippen molar-refractivity contribution in [2.75, 3.05) is 11.1 Å². The number of ketones is 1. The molecule has 0 fully saturated rings. The lowest BCUT2D eigenvalue weighted by molar-refractivity contribution is 0.101. The highest BCUT2D eigenvalue weighted by Crippen LogP contribution is 2.06. The molecule has 0 saturated heterocycles. The summed E-state index contributed by atoms with van der Waals surface area (Å²) < 4.78 is 12.8. The standard InChI is InChI=1S/C6H5BrFN3O/c7-1-4(12)5-3(8)2-10-6(9)11-5/h2H,1H2,(H2,9,10,11). The molecule has 2 N–H and O–H groups in total. The number of carbonyl (C=O) groups excluding carboxylic acids is 1. The Morgan fingerprint density at radius 2 is 2.42 bits per heavy atom. The van der Waals surface area contributed by atoms with E-state index in [-0.39, 0.29) is 17.0 Å². The zero-order valence-electron chi connectivity index (χ0n) is 5.92. The monoisotopic (exact) mass is 233 g/mol. The third kappa shape index (κ3) is 1.76. The van der Waals surface area contributed by atoms with Crippen LogP contribution in [0.2, 0.25) is 0 Å². The molecule has 0 aromatic carbocycles. The first-order chi connectivity index (χ1) is 5.65. The predicted octanol–water partition coefficient (Wildman–Crippen LogP) is 0.776. The summed E-state index contributed by atoms with van der Waals surface area (Å²) in [5.41, 5.74) is 4.89. The third-order valence-electron chi connectivity index (χ3n) is 1.15. The highest BCUT2D eigenvalue weighted by Gasteiger charge is 2.12. The summed E-state index contributed by atoms with van der Waals surface area (Å²) in [4.78, 5) is 17.8. The predicted molar refractivity (Wildman–Crippen MR) is 44.5 cm³/mol. The number of nitrogens with zero attached hydrogens (tertiary/aromatic N) is 2. The van der Waals surface area contributed by atoms with Crippen LogP contribution in [0.1, 0.15) is 10.5 Å². The molecule has 0 radical (unpaired) electrons. The fourth-order valence-corrected chi connectivity index (χ4v) is 0.905. The van der Waals surface area contributed by atoms with E-state index in [1.165, 1.54) is 0 Å². The van der Waals surface area contributed by atoms with Crippen molar-refractivity contribution in [1.29, 1.82) is 0 Å². The largest absolute Gasteiger partial charge is 0.368 e. The minimum absolute atomic E-state index is 0.0143. The molecule has 0 unspecified atom stereocenters. The van der Waals surface area contributed by atoms with E-state index in [0.29, 0.717) is 0 Å². The van der Waals surface area contributed by atoms with Crippen LogP contribution >= 0.6 is 15.9 Å². The molecule has 0 aliphatic carbocycles. The Morgan fingerprint density at radius 1 is 1.75 bits per heavy atom. The second-order valence-electron chi connectivity index (χ2n) is 1.98. The Kier molecular flexibility index (Phi) is 2.69. The number of rotatable bonds is 2. The van der Waals surface area contributed by atoms with Crippen molar-refractivity contribution in [3.63, 3.8) is 0 Å². The van der Waals surface area contributed by atoms with Crippen LogP contribution in [0, 0.1) is 5.82 Å². The van der Waals surface area contributed by atoms with Crippen LogP contribution in [0.15, 0.2) is 6.20 Å². The molecule has 12 heavy (non-hydrogen) atoms. The maximum absolute atomic E-state index is 12.8. The lowest BCUT2D eigenvalue weighted by Gasteiger charge is -1.98. The molecule has 0 bridgehead atoms. The van der Waals surface area contributed by atoms with Gasteiger partial charge in [0, 0.05) is 0 Å². The minimum Gasteiger partial charge on any atom is -0.368 e. The summed E-state index contributed by atoms with van der Waals surface area (Å²) >= 11 is 2.89. The number of anilines is 1. The van der Waals surface area contributed by atoms with E-state index in [1.54, 1.807) is 0 Å². The second kappa shape index (κ2) is 3.57. The Balaban J connectivity index is 3.13. The molecule has 1 aromatic rings. The zero-order chi connectivity index (χ0) is 9.14. The van der Waals surface area contributed by atoms with Gasteiger partial charge in [-0.2, -0.15) is 0 Å². The maximum Gasteiger partial charge on any atom is 0.220 e. The molecule has 1 aromatic heterocycles. The van der Waals surface area contributed by atoms with Gasteiger partial charge < -0.3 is 5.73 Å². The van der Waals surface area contributed by atoms with Gasteiger partial charge in [0.25, 0.3) is 0 Å². The van der Waals surface area contributed by atoms with Crippen LogP contribution in [-0.2, 0) is 0 Å². The smallest absolute Gasteiger partial charge is 0.220 e. The summed E-state index contributed by atoms with van der Waals surface area (Å²) in [6.07, 6.45) is 0.873. The molecule has 0 spiro atoms. The van der Waals surface area contributed by atoms with E-state index in [1.807, 2.05) is 0 Å². The van der Waals surface area contributed by atoms with Gasteiger partial charge in [0.15, 0.2) is 11.6 Å². The van der Waals surface area contributed by atoms with Gasteiger partial charge in [-0.1, -0.05) is 15.9 Å². The first kappa shape index (κ1) is 9.05. The molecule has 0 atom stereocenters. The van der Waals surface area contributed by atoms with E-state index >= 15 is 0 Å². The van der Waals surface area contributed by atoms with Gasteiger partial charge in [-0.05, 0) is 0 Å². The van der Waals surface area contributed by atoms with E-state index in [2.05, 4.69) is 25.9 Å². The van der Waals surface area contributed by atoms with Gasteiger partial charge in [0.05, 0.1) is 11.5 Å². The molecule has 0 amide bonds. The Morgan fingerprint density at radius 3 is 3.00 bits per heavy atom. The fraction of sp³-hybridized carbons (Fsp3) is 0.167. The van der Waals surface area contributed by atoms with Crippen LogP contribution in [0.4, 0.5) is 10.3 Å². The van der Waals surface area contributed by atoms with Crippen LogP contribution < -0.4 is 5.73 Å². The molecule has 0 aliphatic heterocycles. The SMILES string of the molecule is Nc1ncc(F)c(C(=O)CBr)n1. The summed E-state index contributed by atoms with van der Waals surface area (Å²) in [6, 6.07) is 0. The molecule has 0 aliphatic rings. The Labute approximate surface area is 76.1 Å². The van der Waals surface area contributed by atoms with Gasteiger partial charge in [-0.15, -0.1) is 0 Å². The maximum atomic E-state index is 12.8. The van der Waals surface area contributed by atoms with Crippen molar-refractivity contribution >= 4 is 27.7 Å².